The number of esters is 1. The second kappa shape index (κ2) is 62.2. The summed E-state index contributed by atoms with van der Waals surface area (Å²) in [5, 5.41) is 3.06. The SMILES string of the molecule is CCCCC/C=C\C/C=C\C/C=C\C/C=C\CCCCCCCCCCCCCC(=O)OC(/C=C\CCCCCCCCCCCCC)C(COP(=O)(O)OCC[N+](C)(C)C)NC(=O)CCCCCCCCC/C=C\C/C=C\CCCCC. The van der Waals surface area contributed by atoms with Crippen LogP contribution >= 0.6 is 7.82 Å². The van der Waals surface area contributed by atoms with Crippen molar-refractivity contribution in [3.05, 3.63) is 85.1 Å². The smallest absolute Gasteiger partial charge is 0.456 e. The average molecular weight is 1180 g/mol. The first-order valence-electron chi connectivity index (χ1n) is 34.9. The lowest BCUT2D eigenvalue weighted by Gasteiger charge is -2.27. The number of quaternary nitrogens is 1. The fraction of sp³-hybridized carbons (Fsp3) is 0.781. The zero-order valence-corrected chi connectivity index (χ0v) is 56.1. The third kappa shape index (κ3) is 63.5. The summed E-state index contributed by atoms with van der Waals surface area (Å²) in [6.07, 6.45) is 83.0. The molecular formula is C73H134N2O7P+. The number of phosphoric acid groups is 1. The molecule has 0 saturated carbocycles. The van der Waals surface area contributed by atoms with Crippen LogP contribution in [0.4, 0.5) is 0 Å². The van der Waals surface area contributed by atoms with E-state index in [9.17, 15) is 19.0 Å². The van der Waals surface area contributed by atoms with E-state index in [1.807, 2.05) is 33.3 Å². The van der Waals surface area contributed by atoms with Gasteiger partial charge in [0.15, 0.2) is 0 Å². The van der Waals surface area contributed by atoms with Gasteiger partial charge >= 0.3 is 13.8 Å². The van der Waals surface area contributed by atoms with Crippen LogP contribution in [0.25, 0.3) is 0 Å². The van der Waals surface area contributed by atoms with Crippen LogP contribution in [0.2, 0.25) is 0 Å². The lowest BCUT2D eigenvalue weighted by atomic mass is 10.0. The van der Waals surface area contributed by atoms with E-state index in [4.69, 9.17) is 13.8 Å². The summed E-state index contributed by atoms with van der Waals surface area (Å²) in [7, 11) is 1.49. The molecule has 0 rings (SSSR count). The van der Waals surface area contributed by atoms with Gasteiger partial charge in [-0.1, -0.05) is 280 Å². The molecule has 0 aliphatic carbocycles. The van der Waals surface area contributed by atoms with Gasteiger partial charge in [-0.05, 0) is 109 Å². The van der Waals surface area contributed by atoms with Crippen LogP contribution in [-0.4, -0.2) is 74.3 Å². The predicted molar refractivity (Wildman–Crippen MR) is 360 cm³/mol. The number of nitrogens with zero attached hydrogens (tertiary/aromatic N) is 1. The average Bonchev–Trinajstić information content (AvgIpc) is 3.47. The first-order chi connectivity index (χ1) is 40.4. The van der Waals surface area contributed by atoms with Crippen molar-refractivity contribution in [3.63, 3.8) is 0 Å². The number of unbranched alkanes of at least 4 members (excludes halogenated alkanes) is 35. The third-order valence-corrected chi connectivity index (χ3v) is 16.3. The van der Waals surface area contributed by atoms with Crippen LogP contribution in [0.15, 0.2) is 85.1 Å². The monoisotopic (exact) mass is 1180 g/mol. The highest BCUT2D eigenvalue weighted by Gasteiger charge is 2.30. The van der Waals surface area contributed by atoms with Gasteiger partial charge in [-0.3, -0.25) is 18.6 Å². The molecule has 0 saturated heterocycles. The highest BCUT2D eigenvalue weighted by atomic mass is 31.2. The van der Waals surface area contributed by atoms with Crippen molar-refractivity contribution in [3.8, 4) is 0 Å². The molecule has 0 aromatic heterocycles. The summed E-state index contributed by atoms with van der Waals surface area (Å²) in [5.74, 6) is -0.512. The van der Waals surface area contributed by atoms with Crippen LogP contribution in [0, 0.1) is 0 Å². The number of allylic oxidation sites excluding steroid dienone is 13. The number of likely N-dealkylation sites (N-methyl/N-ethyl adjacent to an activating group) is 1. The Morgan fingerprint density at radius 3 is 1.12 bits per heavy atom. The molecule has 0 fully saturated rings. The standard InChI is InChI=1S/C73H133N2O7P/c1-7-10-13-16-19-22-25-28-30-32-33-34-35-36-37-38-39-40-41-43-45-48-51-54-57-60-63-66-73(77)82-71(64-61-58-55-52-49-46-27-24-21-18-15-12-9-3)70(69-81-83(78,79)80-68-67-75(4,5)6)74-72(76)65-62-59-56-53-50-47-44-42-31-29-26-23-20-17-14-11-8-2/h19-20,22-23,28-31,33-34,36-37,61,64,70-71H,7-18,21,24-27,32,35,38-60,62-63,65-69H2,1-6H3,(H-,74,76,78,79)/p+1/b22-19-,23-20-,30-28-,31-29-,34-33-,37-36-,64-61-. The van der Waals surface area contributed by atoms with Crippen LogP contribution in [0.5, 0.6) is 0 Å². The van der Waals surface area contributed by atoms with Crippen molar-refractivity contribution in [1.82, 2.24) is 5.32 Å². The van der Waals surface area contributed by atoms with Crippen molar-refractivity contribution in [1.29, 1.82) is 0 Å². The molecule has 0 heterocycles. The summed E-state index contributed by atoms with van der Waals surface area (Å²) >= 11 is 0. The van der Waals surface area contributed by atoms with E-state index in [0.717, 1.165) is 96.3 Å². The van der Waals surface area contributed by atoms with Gasteiger partial charge in [-0.2, -0.15) is 0 Å². The van der Waals surface area contributed by atoms with E-state index in [2.05, 4.69) is 99.0 Å². The van der Waals surface area contributed by atoms with Crippen LogP contribution in [-0.2, 0) is 27.9 Å². The quantitative estimate of drug-likeness (QED) is 0.0205. The maximum absolute atomic E-state index is 13.6. The molecule has 3 unspecified atom stereocenters. The zero-order chi connectivity index (χ0) is 60.7. The number of hydrogen-bond acceptors (Lipinski definition) is 6. The van der Waals surface area contributed by atoms with Gasteiger partial charge in [0.25, 0.3) is 0 Å². The maximum Gasteiger partial charge on any atom is 0.472 e. The summed E-state index contributed by atoms with van der Waals surface area (Å²) < 4.78 is 30.8. The molecule has 83 heavy (non-hydrogen) atoms. The third-order valence-electron chi connectivity index (χ3n) is 15.3. The van der Waals surface area contributed by atoms with Gasteiger partial charge in [-0.15, -0.1) is 0 Å². The van der Waals surface area contributed by atoms with E-state index in [1.54, 1.807) is 0 Å². The Balaban J connectivity index is 5.11. The zero-order valence-electron chi connectivity index (χ0n) is 55.2. The molecule has 2 N–H and O–H groups in total. The summed E-state index contributed by atoms with van der Waals surface area (Å²) in [6, 6.07) is -0.858. The van der Waals surface area contributed by atoms with Crippen molar-refractivity contribution < 1.29 is 37.3 Å². The van der Waals surface area contributed by atoms with Crippen LogP contribution in [0.3, 0.4) is 0 Å². The second-order valence-electron chi connectivity index (χ2n) is 24.7. The molecule has 0 aliphatic heterocycles. The molecule has 0 aromatic rings. The largest absolute Gasteiger partial charge is 0.472 e. The molecule has 3 atom stereocenters. The molecule has 0 bridgehead atoms. The summed E-state index contributed by atoms with van der Waals surface area (Å²) in [6.45, 7) is 6.98. The van der Waals surface area contributed by atoms with E-state index in [0.29, 0.717) is 17.4 Å². The number of ether oxygens (including phenoxy) is 1. The van der Waals surface area contributed by atoms with E-state index in [-0.39, 0.29) is 31.5 Å². The Morgan fingerprint density at radius 2 is 0.735 bits per heavy atom. The van der Waals surface area contributed by atoms with Crippen molar-refractivity contribution >= 4 is 19.7 Å². The first kappa shape index (κ1) is 80.2. The van der Waals surface area contributed by atoms with Gasteiger partial charge < -0.3 is 19.4 Å². The Kier molecular flexibility index (Phi) is 60.1. The van der Waals surface area contributed by atoms with Crippen LogP contribution in [0.1, 0.15) is 316 Å². The van der Waals surface area contributed by atoms with E-state index in [1.165, 1.54) is 186 Å². The Hall–Kier alpha value is -2.81. The second-order valence-corrected chi connectivity index (χ2v) is 26.1. The van der Waals surface area contributed by atoms with E-state index >= 15 is 0 Å². The van der Waals surface area contributed by atoms with Gasteiger partial charge in [-0.25, -0.2) is 4.57 Å². The first-order valence-corrected chi connectivity index (χ1v) is 36.4. The van der Waals surface area contributed by atoms with Crippen molar-refractivity contribution in [2.75, 3.05) is 40.9 Å². The lowest BCUT2D eigenvalue weighted by Crippen LogP contribution is -2.47. The molecule has 0 aromatic carbocycles. The predicted octanol–water partition coefficient (Wildman–Crippen LogP) is 22.1. The molecule has 0 radical (unpaired) electrons. The fourth-order valence-corrected chi connectivity index (χ4v) is 10.6. The number of nitrogens with one attached hydrogen (secondary N) is 1. The molecule has 9 nitrogen and oxygen atoms in total. The number of hydrogen-bond donors (Lipinski definition) is 2. The minimum atomic E-state index is -4.46. The Morgan fingerprint density at radius 1 is 0.422 bits per heavy atom. The van der Waals surface area contributed by atoms with E-state index < -0.39 is 20.0 Å². The molecule has 1 amide bonds. The molecule has 482 valence electrons. The lowest BCUT2D eigenvalue weighted by molar-refractivity contribution is -0.870. The van der Waals surface area contributed by atoms with Gasteiger partial charge in [0.2, 0.25) is 5.91 Å². The van der Waals surface area contributed by atoms with Crippen molar-refractivity contribution in [2.24, 2.45) is 0 Å². The number of phosphoric ester groups is 1. The Bertz CT molecular complexity index is 1700. The normalized spacial score (nSPS) is 14.1. The minimum absolute atomic E-state index is 0.0357. The molecule has 0 aliphatic rings. The molecule has 0 spiro atoms. The Labute approximate surface area is 514 Å². The van der Waals surface area contributed by atoms with Gasteiger partial charge in [0, 0.05) is 12.8 Å². The highest BCUT2D eigenvalue weighted by molar-refractivity contribution is 7.47. The number of amides is 1. The highest BCUT2D eigenvalue weighted by Crippen LogP contribution is 2.43. The number of carbonyl (C=O) groups is 2. The van der Waals surface area contributed by atoms with Crippen LogP contribution < -0.4 is 5.32 Å². The number of carbonyl (C=O) groups excluding carboxylic acids is 2. The molecular weight excluding hydrogens is 1050 g/mol. The minimum Gasteiger partial charge on any atom is -0.456 e. The van der Waals surface area contributed by atoms with Crippen molar-refractivity contribution in [2.45, 2.75) is 328 Å². The fourth-order valence-electron chi connectivity index (χ4n) is 9.90. The number of rotatable bonds is 63. The topological polar surface area (TPSA) is 111 Å². The van der Waals surface area contributed by atoms with Gasteiger partial charge in [0.05, 0.1) is 33.8 Å². The molecule has 10 heteroatoms. The van der Waals surface area contributed by atoms with Gasteiger partial charge in [0.1, 0.15) is 19.3 Å². The summed E-state index contributed by atoms with van der Waals surface area (Å²) in [5.41, 5.74) is 0. The summed E-state index contributed by atoms with van der Waals surface area (Å²) in [4.78, 5) is 37.9. The maximum atomic E-state index is 13.6.